The third-order valence-electron chi connectivity index (χ3n) is 2.45. The first-order valence-electron chi connectivity index (χ1n) is 6.23. The van der Waals surface area contributed by atoms with Gasteiger partial charge in [0.05, 0.1) is 23.8 Å². The summed E-state index contributed by atoms with van der Waals surface area (Å²) >= 11 is 9.31. The molecule has 0 aliphatic rings. The van der Waals surface area contributed by atoms with Gasteiger partial charge in [0.2, 0.25) is 0 Å². The first kappa shape index (κ1) is 16.1. The molecule has 0 spiro atoms. The Balaban J connectivity index is 2.72. The molecule has 0 radical (unpaired) electrons. The van der Waals surface area contributed by atoms with Gasteiger partial charge in [0.1, 0.15) is 0 Å². The molecule has 0 aliphatic heterocycles. The van der Waals surface area contributed by atoms with Crippen molar-refractivity contribution in [3.05, 3.63) is 22.2 Å². The van der Waals surface area contributed by atoms with Gasteiger partial charge in [0.15, 0.2) is 11.5 Å². The summed E-state index contributed by atoms with van der Waals surface area (Å²) in [5.74, 6) is 1.83. The fourth-order valence-corrected chi connectivity index (χ4v) is 2.34. The van der Waals surface area contributed by atoms with Crippen molar-refractivity contribution >= 4 is 27.5 Å². The average Bonchev–Trinajstić information content (AvgIpc) is 2.41. The van der Waals surface area contributed by atoms with Gasteiger partial charge in [-0.3, -0.25) is 0 Å². The number of halogens is 2. The van der Waals surface area contributed by atoms with Crippen molar-refractivity contribution in [2.24, 2.45) is 0 Å². The van der Waals surface area contributed by atoms with Gasteiger partial charge in [0.25, 0.3) is 0 Å². The summed E-state index contributed by atoms with van der Waals surface area (Å²) in [6.45, 7) is 3.07. The van der Waals surface area contributed by atoms with E-state index >= 15 is 0 Å². The Morgan fingerprint density at radius 2 is 2.11 bits per heavy atom. The second-order valence-electron chi connectivity index (χ2n) is 3.94. The zero-order valence-corrected chi connectivity index (χ0v) is 13.3. The number of ether oxygens (including phenoxy) is 2. The Labute approximate surface area is 127 Å². The van der Waals surface area contributed by atoms with E-state index in [1.165, 1.54) is 0 Å². The molecule has 0 heterocycles. The Morgan fingerprint density at radius 3 is 2.74 bits per heavy atom. The quantitative estimate of drug-likeness (QED) is 0.508. The van der Waals surface area contributed by atoms with E-state index in [-0.39, 0.29) is 0 Å². The molecule has 19 heavy (non-hydrogen) atoms. The van der Waals surface area contributed by atoms with Crippen molar-refractivity contribution in [2.75, 3.05) is 13.2 Å². The normalized spacial score (nSPS) is 10.0. The van der Waals surface area contributed by atoms with Crippen LogP contribution in [0.3, 0.4) is 0 Å². The minimum atomic E-state index is 0.432. The molecule has 1 aromatic carbocycles. The van der Waals surface area contributed by atoms with E-state index in [2.05, 4.69) is 22.0 Å². The van der Waals surface area contributed by atoms with E-state index in [9.17, 15) is 0 Å². The molecule has 0 saturated carbocycles. The Hall–Kier alpha value is -0.920. The van der Waals surface area contributed by atoms with E-state index in [1.54, 1.807) is 0 Å². The van der Waals surface area contributed by atoms with Gasteiger partial charge in [-0.05, 0) is 53.4 Å². The van der Waals surface area contributed by atoms with Crippen molar-refractivity contribution in [1.82, 2.24) is 0 Å². The van der Waals surface area contributed by atoms with Crippen LogP contribution in [0, 0.1) is 11.3 Å². The minimum absolute atomic E-state index is 0.432. The third kappa shape index (κ3) is 5.30. The molecule has 0 atom stereocenters. The molecule has 0 unspecified atom stereocenters. The van der Waals surface area contributed by atoms with E-state index < -0.39 is 0 Å². The number of rotatable bonds is 8. The molecule has 104 valence electrons. The van der Waals surface area contributed by atoms with E-state index in [4.69, 9.17) is 26.3 Å². The van der Waals surface area contributed by atoms with Gasteiger partial charge in [-0.15, -0.1) is 11.6 Å². The zero-order chi connectivity index (χ0) is 14.1. The lowest BCUT2D eigenvalue weighted by Crippen LogP contribution is -2.02. The second kappa shape index (κ2) is 9.06. The van der Waals surface area contributed by atoms with Gasteiger partial charge in [-0.25, -0.2) is 0 Å². The SMILES string of the molecule is CCOc1cc(CCl)cc(Br)c1OCCCCC#N. The summed E-state index contributed by atoms with van der Waals surface area (Å²) in [6.07, 6.45) is 2.26. The molecule has 0 aromatic heterocycles. The van der Waals surface area contributed by atoms with Crippen LogP contribution in [0.4, 0.5) is 0 Å². The molecular weight excluding hydrogens is 330 g/mol. The molecule has 0 fully saturated rings. The third-order valence-corrected chi connectivity index (χ3v) is 3.35. The molecule has 0 bridgehead atoms. The van der Waals surface area contributed by atoms with Gasteiger partial charge < -0.3 is 9.47 Å². The Kier molecular flexibility index (Phi) is 7.69. The van der Waals surface area contributed by atoms with Crippen LogP contribution in [0.1, 0.15) is 31.7 Å². The van der Waals surface area contributed by atoms with E-state index in [0.29, 0.717) is 37.0 Å². The number of nitrogens with zero attached hydrogens (tertiary/aromatic N) is 1. The van der Waals surface area contributed by atoms with Crippen molar-refractivity contribution in [1.29, 1.82) is 5.26 Å². The molecular formula is C14H17BrClNO2. The summed E-state index contributed by atoms with van der Waals surface area (Å²) < 4.78 is 12.2. The maximum absolute atomic E-state index is 8.47. The van der Waals surface area contributed by atoms with E-state index in [0.717, 1.165) is 22.9 Å². The first-order chi connectivity index (χ1) is 9.22. The maximum Gasteiger partial charge on any atom is 0.175 e. The number of alkyl halides is 1. The van der Waals surface area contributed by atoms with Crippen LogP contribution in [0.5, 0.6) is 11.5 Å². The van der Waals surface area contributed by atoms with Gasteiger partial charge in [-0.2, -0.15) is 5.26 Å². The summed E-state index contributed by atoms with van der Waals surface area (Å²) in [4.78, 5) is 0. The lowest BCUT2D eigenvalue weighted by Gasteiger charge is -2.14. The van der Waals surface area contributed by atoms with Crippen LogP contribution in [-0.4, -0.2) is 13.2 Å². The smallest absolute Gasteiger partial charge is 0.175 e. The first-order valence-corrected chi connectivity index (χ1v) is 7.56. The summed E-state index contributed by atoms with van der Waals surface area (Å²) in [6, 6.07) is 5.95. The number of hydrogen-bond donors (Lipinski definition) is 0. The highest BCUT2D eigenvalue weighted by atomic mass is 79.9. The topological polar surface area (TPSA) is 42.2 Å². The van der Waals surface area contributed by atoms with Crippen molar-refractivity contribution in [3.8, 4) is 17.6 Å². The standard InChI is InChI=1S/C14H17BrClNO2/c1-2-18-13-9-11(10-16)8-12(15)14(13)19-7-5-3-4-6-17/h8-9H,2-5,7,10H2,1H3. The zero-order valence-electron chi connectivity index (χ0n) is 10.9. The van der Waals surface area contributed by atoms with Gasteiger partial charge in [0, 0.05) is 12.3 Å². The monoisotopic (exact) mass is 345 g/mol. The molecule has 0 aliphatic carbocycles. The lowest BCUT2D eigenvalue weighted by molar-refractivity contribution is 0.270. The molecule has 1 aromatic rings. The predicted molar refractivity (Wildman–Crippen MR) is 79.8 cm³/mol. The molecule has 0 saturated heterocycles. The predicted octanol–water partition coefficient (Wildman–Crippen LogP) is 4.66. The summed E-state index contributed by atoms with van der Waals surface area (Å²) in [5.41, 5.74) is 0.980. The van der Waals surface area contributed by atoms with Crippen molar-refractivity contribution in [2.45, 2.75) is 32.1 Å². The lowest BCUT2D eigenvalue weighted by atomic mass is 10.2. The molecule has 0 N–H and O–H groups in total. The van der Waals surface area contributed by atoms with Crippen LogP contribution >= 0.6 is 27.5 Å². The van der Waals surface area contributed by atoms with Crippen LogP contribution in [0.15, 0.2) is 16.6 Å². The highest BCUT2D eigenvalue weighted by Gasteiger charge is 2.11. The Bertz CT molecular complexity index is 446. The van der Waals surface area contributed by atoms with Gasteiger partial charge in [-0.1, -0.05) is 0 Å². The van der Waals surface area contributed by atoms with Crippen LogP contribution in [0.2, 0.25) is 0 Å². The Morgan fingerprint density at radius 1 is 1.32 bits per heavy atom. The second-order valence-corrected chi connectivity index (χ2v) is 5.06. The largest absolute Gasteiger partial charge is 0.490 e. The van der Waals surface area contributed by atoms with Crippen molar-refractivity contribution < 1.29 is 9.47 Å². The fourth-order valence-electron chi connectivity index (χ4n) is 1.58. The highest BCUT2D eigenvalue weighted by Crippen LogP contribution is 2.37. The molecule has 5 heteroatoms. The summed E-state index contributed by atoms with van der Waals surface area (Å²) in [7, 11) is 0. The number of unbranched alkanes of at least 4 members (excludes halogenated alkanes) is 2. The molecule has 0 amide bonds. The maximum atomic E-state index is 8.47. The van der Waals surface area contributed by atoms with Crippen LogP contribution in [-0.2, 0) is 5.88 Å². The minimum Gasteiger partial charge on any atom is -0.490 e. The van der Waals surface area contributed by atoms with E-state index in [1.807, 2.05) is 19.1 Å². The molecule has 1 rings (SSSR count). The van der Waals surface area contributed by atoms with Gasteiger partial charge >= 0.3 is 0 Å². The number of hydrogen-bond acceptors (Lipinski definition) is 3. The van der Waals surface area contributed by atoms with Crippen LogP contribution < -0.4 is 9.47 Å². The highest BCUT2D eigenvalue weighted by molar-refractivity contribution is 9.10. The number of nitriles is 1. The number of benzene rings is 1. The van der Waals surface area contributed by atoms with Crippen molar-refractivity contribution in [3.63, 3.8) is 0 Å². The van der Waals surface area contributed by atoms with Crippen LogP contribution in [0.25, 0.3) is 0 Å². The average molecular weight is 347 g/mol. The molecule has 3 nitrogen and oxygen atoms in total. The summed E-state index contributed by atoms with van der Waals surface area (Å²) in [5, 5.41) is 8.47. The fraction of sp³-hybridized carbons (Fsp3) is 0.500.